The van der Waals surface area contributed by atoms with Gasteiger partial charge < -0.3 is 10.0 Å². The lowest BCUT2D eigenvalue weighted by Gasteiger charge is -2.23. The van der Waals surface area contributed by atoms with Crippen molar-refractivity contribution in [2.45, 2.75) is 30.7 Å². The Morgan fingerprint density at radius 2 is 2.14 bits per heavy atom. The summed E-state index contributed by atoms with van der Waals surface area (Å²) in [6.07, 6.45) is 0.790. The number of rotatable bonds is 5. The van der Waals surface area contributed by atoms with E-state index in [4.69, 9.17) is 5.11 Å². The van der Waals surface area contributed by atoms with Gasteiger partial charge in [-0.1, -0.05) is 12.1 Å². The highest BCUT2D eigenvalue weighted by atomic mass is 32.2. The summed E-state index contributed by atoms with van der Waals surface area (Å²) >= 11 is 1.30. The van der Waals surface area contributed by atoms with Crippen LogP contribution in [0.1, 0.15) is 19.8 Å². The molecule has 1 fully saturated rings. The van der Waals surface area contributed by atoms with Crippen LogP contribution in [-0.4, -0.2) is 40.2 Å². The van der Waals surface area contributed by atoms with E-state index in [0.717, 1.165) is 0 Å². The van der Waals surface area contributed by atoms with Gasteiger partial charge in [-0.2, -0.15) is 0 Å². The predicted molar refractivity (Wildman–Crippen MR) is 78.7 cm³/mol. The summed E-state index contributed by atoms with van der Waals surface area (Å²) in [5.74, 6) is -1.18. The van der Waals surface area contributed by atoms with E-state index >= 15 is 0 Å². The van der Waals surface area contributed by atoms with E-state index < -0.39 is 11.9 Å². The van der Waals surface area contributed by atoms with Crippen molar-refractivity contribution in [1.82, 2.24) is 4.90 Å². The summed E-state index contributed by atoms with van der Waals surface area (Å²) in [4.78, 5) is 25.3. The standard InChI is InChI=1S/C15H18FNO3S/c1-10-11(15(19)20)6-8-17(10)14(18)7-9-21-13-5-3-2-4-12(13)16/h2-5,10-11H,6-9H2,1H3,(H,19,20). The van der Waals surface area contributed by atoms with Crippen LogP contribution in [0.2, 0.25) is 0 Å². The number of thioether (sulfide) groups is 1. The van der Waals surface area contributed by atoms with E-state index in [1.165, 1.54) is 17.8 Å². The first-order chi connectivity index (χ1) is 10.0. The predicted octanol–water partition coefficient (Wildman–Crippen LogP) is 2.63. The third-order valence-corrected chi connectivity index (χ3v) is 4.85. The fourth-order valence-electron chi connectivity index (χ4n) is 2.58. The lowest BCUT2D eigenvalue weighted by molar-refractivity contribution is -0.143. The van der Waals surface area contributed by atoms with Gasteiger partial charge in [0.1, 0.15) is 5.82 Å². The van der Waals surface area contributed by atoms with Crippen molar-refractivity contribution in [3.63, 3.8) is 0 Å². The first-order valence-corrected chi connectivity index (χ1v) is 7.89. The fraction of sp³-hybridized carbons (Fsp3) is 0.467. The van der Waals surface area contributed by atoms with Gasteiger partial charge in [-0.05, 0) is 25.5 Å². The van der Waals surface area contributed by atoms with Crippen LogP contribution in [0.25, 0.3) is 0 Å². The molecule has 6 heteroatoms. The van der Waals surface area contributed by atoms with Crippen LogP contribution in [0.4, 0.5) is 4.39 Å². The number of halogens is 1. The lowest BCUT2D eigenvalue weighted by atomic mass is 10.0. The maximum Gasteiger partial charge on any atom is 0.308 e. The Morgan fingerprint density at radius 3 is 2.76 bits per heavy atom. The van der Waals surface area contributed by atoms with Crippen LogP contribution in [0, 0.1) is 11.7 Å². The first kappa shape index (κ1) is 15.8. The lowest BCUT2D eigenvalue weighted by Crippen LogP contribution is -2.37. The summed E-state index contributed by atoms with van der Waals surface area (Å²) in [5.41, 5.74) is 0. The maximum atomic E-state index is 13.4. The van der Waals surface area contributed by atoms with E-state index in [2.05, 4.69) is 0 Å². The number of aliphatic carboxylic acids is 1. The average Bonchev–Trinajstić information content (AvgIpc) is 2.83. The molecule has 0 aliphatic carbocycles. The largest absolute Gasteiger partial charge is 0.481 e. The number of carbonyl (C=O) groups is 2. The molecular formula is C15H18FNO3S. The van der Waals surface area contributed by atoms with Gasteiger partial charge in [0, 0.05) is 29.7 Å². The molecular weight excluding hydrogens is 293 g/mol. The van der Waals surface area contributed by atoms with Crippen LogP contribution in [0.3, 0.4) is 0 Å². The van der Waals surface area contributed by atoms with Crippen molar-refractivity contribution in [3.8, 4) is 0 Å². The van der Waals surface area contributed by atoms with Crippen molar-refractivity contribution < 1.29 is 19.1 Å². The van der Waals surface area contributed by atoms with Gasteiger partial charge in [0.05, 0.1) is 5.92 Å². The Bertz CT molecular complexity index is 537. The number of likely N-dealkylation sites (tertiary alicyclic amines) is 1. The topological polar surface area (TPSA) is 57.6 Å². The Hall–Kier alpha value is -1.56. The van der Waals surface area contributed by atoms with E-state index in [1.807, 2.05) is 0 Å². The molecule has 1 heterocycles. The molecule has 114 valence electrons. The smallest absolute Gasteiger partial charge is 0.308 e. The van der Waals surface area contributed by atoms with E-state index in [9.17, 15) is 14.0 Å². The number of carboxylic acids is 1. The van der Waals surface area contributed by atoms with Gasteiger partial charge in [0.25, 0.3) is 0 Å². The third-order valence-electron chi connectivity index (χ3n) is 3.80. The number of amides is 1. The molecule has 2 atom stereocenters. The summed E-state index contributed by atoms with van der Waals surface area (Å²) in [6.45, 7) is 2.26. The van der Waals surface area contributed by atoms with Crippen molar-refractivity contribution in [2.75, 3.05) is 12.3 Å². The summed E-state index contributed by atoms with van der Waals surface area (Å²) in [5, 5.41) is 9.05. The normalized spacial score (nSPS) is 21.5. The van der Waals surface area contributed by atoms with Gasteiger partial charge >= 0.3 is 5.97 Å². The molecule has 0 aromatic heterocycles. The molecule has 0 bridgehead atoms. The molecule has 2 unspecified atom stereocenters. The Kier molecular flexibility index (Phi) is 5.22. The van der Waals surface area contributed by atoms with E-state index in [0.29, 0.717) is 23.6 Å². The summed E-state index contributed by atoms with van der Waals surface area (Å²) < 4.78 is 13.4. The average molecular weight is 311 g/mol. The second kappa shape index (κ2) is 6.93. The molecule has 1 aromatic rings. The minimum absolute atomic E-state index is 0.0601. The quantitative estimate of drug-likeness (QED) is 0.849. The summed E-state index contributed by atoms with van der Waals surface area (Å²) in [7, 11) is 0. The highest BCUT2D eigenvalue weighted by Gasteiger charge is 2.37. The molecule has 1 aromatic carbocycles. The minimum Gasteiger partial charge on any atom is -0.481 e. The molecule has 0 spiro atoms. The fourth-order valence-corrected chi connectivity index (χ4v) is 3.45. The molecule has 4 nitrogen and oxygen atoms in total. The van der Waals surface area contributed by atoms with Crippen LogP contribution in [-0.2, 0) is 9.59 Å². The van der Waals surface area contributed by atoms with Crippen LogP contribution < -0.4 is 0 Å². The van der Waals surface area contributed by atoms with Gasteiger partial charge in [-0.3, -0.25) is 9.59 Å². The highest BCUT2D eigenvalue weighted by Crippen LogP contribution is 2.26. The zero-order valence-corrected chi connectivity index (χ0v) is 12.6. The van der Waals surface area contributed by atoms with Crippen molar-refractivity contribution in [3.05, 3.63) is 30.1 Å². The number of hydrogen-bond acceptors (Lipinski definition) is 3. The second-order valence-corrected chi connectivity index (χ2v) is 6.23. The van der Waals surface area contributed by atoms with Crippen molar-refractivity contribution in [1.29, 1.82) is 0 Å². The maximum absolute atomic E-state index is 13.4. The van der Waals surface area contributed by atoms with Crippen LogP contribution in [0.5, 0.6) is 0 Å². The van der Waals surface area contributed by atoms with Gasteiger partial charge in [0.15, 0.2) is 0 Å². The molecule has 1 aliphatic rings. The molecule has 0 saturated carbocycles. The zero-order valence-electron chi connectivity index (χ0n) is 11.8. The zero-order chi connectivity index (χ0) is 15.4. The molecule has 1 aliphatic heterocycles. The SMILES string of the molecule is CC1C(C(=O)O)CCN1C(=O)CCSc1ccccc1F. The minimum atomic E-state index is -0.849. The van der Waals surface area contributed by atoms with Crippen LogP contribution in [0.15, 0.2) is 29.2 Å². The third kappa shape index (κ3) is 3.75. The Morgan fingerprint density at radius 1 is 1.43 bits per heavy atom. The number of carbonyl (C=O) groups excluding carboxylic acids is 1. The summed E-state index contributed by atoms with van der Waals surface area (Å²) in [6, 6.07) is 6.19. The molecule has 21 heavy (non-hydrogen) atoms. The van der Waals surface area contributed by atoms with Crippen LogP contribution >= 0.6 is 11.8 Å². The van der Waals surface area contributed by atoms with Crippen molar-refractivity contribution in [2.24, 2.45) is 5.92 Å². The number of carboxylic acid groups (broad SMARTS) is 1. The van der Waals surface area contributed by atoms with Gasteiger partial charge in [-0.15, -0.1) is 11.8 Å². The van der Waals surface area contributed by atoms with Gasteiger partial charge in [-0.25, -0.2) is 4.39 Å². The molecule has 1 saturated heterocycles. The highest BCUT2D eigenvalue weighted by molar-refractivity contribution is 7.99. The van der Waals surface area contributed by atoms with Gasteiger partial charge in [0.2, 0.25) is 5.91 Å². The first-order valence-electron chi connectivity index (χ1n) is 6.90. The number of benzene rings is 1. The van der Waals surface area contributed by atoms with E-state index in [-0.39, 0.29) is 24.2 Å². The number of nitrogens with zero attached hydrogens (tertiary/aromatic N) is 1. The molecule has 1 N–H and O–H groups in total. The number of hydrogen-bond donors (Lipinski definition) is 1. The monoisotopic (exact) mass is 311 g/mol. The molecule has 1 amide bonds. The Labute approximate surface area is 127 Å². The Balaban J connectivity index is 1.83. The molecule has 0 radical (unpaired) electrons. The molecule has 2 rings (SSSR count). The van der Waals surface area contributed by atoms with Crippen molar-refractivity contribution >= 4 is 23.6 Å². The van der Waals surface area contributed by atoms with E-state index in [1.54, 1.807) is 30.0 Å². The second-order valence-electron chi connectivity index (χ2n) is 5.09.